The monoisotopic (exact) mass is 250 g/mol. The van der Waals surface area contributed by atoms with Gasteiger partial charge in [-0.2, -0.15) is 0 Å². The first-order valence-corrected chi connectivity index (χ1v) is 6.38. The van der Waals surface area contributed by atoms with Crippen molar-refractivity contribution in [1.82, 2.24) is 0 Å². The first kappa shape index (κ1) is 11.7. The minimum absolute atomic E-state index is 0.0529. The molecule has 0 atom stereocenters. The molecular weight excluding hydrogens is 236 g/mol. The van der Waals surface area contributed by atoms with E-state index in [1.54, 1.807) is 0 Å². The van der Waals surface area contributed by atoms with Gasteiger partial charge < -0.3 is 4.74 Å². The lowest BCUT2D eigenvalue weighted by molar-refractivity contribution is 0.340. The fourth-order valence-electron chi connectivity index (χ4n) is 2.31. The number of hydrogen-bond donors (Lipinski definition) is 0. The molecule has 0 aromatic heterocycles. The van der Waals surface area contributed by atoms with E-state index in [9.17, 15) is 4.79 Å². The van der Waals surface area contributed by atoms with E-state index in [2.05, 4.69) is 0 Å². The van der Waals surface area contributed by atoms with Crippen molar-refractivity contribution in [2.24, 2.45) is 0 Å². The van der Waals surface area contributed by atoms with Crippen LogP contribution in [-0.4, -0.2) is 6.61 Å². The van der Waals surface area contributed by atoms with Gasteiger partial charge >= 0.3 is 0 Å². The molecule has 2 nitrogen and oxygen atoms in total. The summed E-state index contributed by atoms with van der Waals surface area (Å²) in [7, 11) is 0. The molecule has 0 N–H and O–H groups in total. The van der Waals surface area contributed by atoms with E-state index >= 15 is 0 Å². The third kappa shape index (κ3) is 2.06. The third-order valence-electron chi connectivity index (χ3n) is 3.23. The molecule has 19 heavy (non-hydrogen) atoms. The van der Waals surface area contributed by atoms with Crippen LogP contribution in [0.4, 0.5) is 0 Å². The molecule has 0 saturated heterocycles. The van der Waals surface area contributed by atoms with E-state index in [-0.39, 0.29) is 5.43 Å². The predicted molar refractivity (Wildman–Crippen MR) is 78.9 cm³/mol. The van der Waals surface area contributed by atoms with Gasteiger partial charge in [0, 0.05) is 10.8 Å². The zero-order valence-corrected chi connectivity index (χ0v) is 10.7. The van der Waals surface area contributed by atoms with E-state index in [0.29, 0.717) is 12.0 Å². The summed E-state index contributed by atoms with van der Waals surface area (Å²) >= 11 is 0. The van der Waals surface area contributed by atoms with Crippen LogP contribution in [0, 0.1) is 0 Å². The Morgan fingerprint density at radius 2 is 1.58 bits per heavy atom. The summed E-state index contributed by atoms with van der Waals surface area (Å²) in [6, 6.07) is 17.3. The SMILES string of the molecule is CCOc1ccc2ccc3ccccc3c(=O)c2c1. The molecule has 2 heteroatoms. The van der Waals surface area contributed by atoms with Gasteiger partial charge in [-0.25, -0.2) is 0 Å². The van der Waals surface area contributed by atoms with Gasteiger partial charge in [0.25, 0.3) is 0 Å². The minimum atomic E-state index is 0.0529. The van der Waals surface area contributed by atoms with E-state index in [0.717, 1.165) is 21.9 Å². The van der Waals surface area contributed by atoms with Crippen LogP contribution in [0.2, 0.25) is 0 Å². The first-order valence-electron chi connectivity index (χ1n) is 6.38. The van der Waals surface area contributed by atoms with Crippen molar-refractivity contribution in [2.45, 2.75) is 6.92 Å². The Bertz CT molecular complexity index is 806. The van der Waals surface area contributed by atoms with E-state index in [4.69, 9.17) is 4.74 Å². The third-order valence-corrected chi connectivity index (χ3v) is 3.23. The van der Waals surface area contributed by atoms with Crippen molar-refractivity contribution in [1.29, 1.82) is 0 Å². The van der Waals surface area contributed by atoms with Gasteiger partial charge in [0.2, 0.25) is 0 Å². The highest BCUT2D eigenvalue weighted by Gasteiger charge is 2.03. The second-order valence-corrected chi connectivity index (χ2v) is 4.43. The van der Waals surface area contributed by atoms with Gasteiger partial charge in [0.15, 0.2) is 5.43 Å². The number of hydrogen-bond acceptors (Lipinski definition) is 2. The summed E-state index contributed by atoms with van der Waals surface area (Å²) in [6.45, 7) is 2.53. The molecule has 0 aliphatic carbocycles. The van der Waals surface area contributed by atoms with Crippen LogP contribution in [0.25, 0.3) is 21.5 Å². The van der Waals surface area contributed by atoms with Crippen LogP contribution in [0.15, 0.2) is 59.4 Å². The molecule has 3 aromatic carbocycles. The summed E-state index contributed by atoms with van der Waals surface area (Å²) in [5, 5.41) is 3.34. The average molecular weight is 250 g/mol. The Labute approximate surface area is 111 Å². The average Bonchev–Trinajstić information content (AvgIpc) is 2.58. The van der Waals surface area contributed by atoms with Crippen molar-refractivity contribution >= 4 is 21.5 Å². The first-order chi connectivity index (χ1) is 9.29. The molecule has 0 fully saturated rings. The molecule has 3 rings (SSSR count). The fourth-order valence-corrected chi connectivity index (χ4v) is 2.31. The molecule has 0 unspecified atom stereocenters. The summed E-state index contributed by atoms with van der Waals surface area (Å²) in [5.74, 6) is 0.738. The van der Waals surface area contributed by atoms with Crippen LogP contribution in [0.1, 0.15) is 6.92 Å². The van der Waals surface area contributed by atoms with Gasteiger partial charge in [0.1, 0.15) is 5.75 Å². The molecule has 0 saturated carbocycles. The summed E-state index contributed by atoms with van der Waals surface area (Å²) < 4.78 is 5.47. The molecule has 0 aliphatic rings. The minimum Gasteiger partial charge on any atom is -0.494 e. The lowest BCUT2D eigenvalue weighted by Gasteiger charge is -2.02. The van der Waals surface area contributed by atoms with Crippen molar-refractivity contribution in [3.63, 3.8) is 0 Å². The molecule has 0 radical (unpaired) electrons. The van der Waals surface area contributed by atoms with Gasteiger partial charge in [-0.15, -0.1) is 0 Å². The van der Waals surface area contributed by atoms with Gasteiger partial charge in [-0.1, -0.05) is 42.5 Å². The summed E-state index contributed by atoms with van der Waals surface area (Å²) in [5.41, 5.74) is 0.0529. The zero-order valence-electron chi connectivity index (χ0n) is 10.7. The van der Waals surface area contributed by atoms with E-state index < -0.39 is 0 Å². The van der Waals surface area contributed by atoms with E-state index in [1.807, 2.05) is 61.5 Å². The Morgan fingerprint density at radius 1 is 0.895 bits per heavy atom. The van der Waals surface area contributed by atoms with Crippen LogP contribution < -0.4 is 10.2 Å². The van der Waals surface area contributed by atoms with Crippen LogP contribution in [-0.2, 0) is 0 Å². The van der Waals surface area contributed by atoms with Crippen molar-refractivity contribution in [2.75, 3.05) is 6.61 Å². The zero-order chi connectivity index (χ0) is 13.2. The lowest BCUT2D eigenvalue weighted by Crippen LogP contribution is -1.99. The number of benzene rings is 2. The number of rotatable bonds is 2. The Morgan fingerprint density at radius 3 is 2.37 bits per heavy atom. The molecule has 0 heterocycles. The molecule has 3 aromatic rings. The largest absolute Gasteiger partial charge is 0.494 e. The maximum Gasteiger partial charge on any atom is 0.194 e. The maximum atomic E-state index is 12.6. The molecule has 94 valence electrons. The van der Waals surface area contributed by atoms with E-state index in [1.165, 1.54) is 0 Å². The second kappa shape index (κ2) is 4.73. The van der Waals surface area contributed by atoms with Crippen LogP contribution in [0.3, 0.4) is 0 Å². The van der Waals surface area contributed by atoms with Gasteiger partial charge in [-0.05, 0) is 29.8 Å². The van der Waals surface area contributed by atoms with Crippen molar-refractivity contribution < 1.29 is 4.74 Å². The van der Waals surface area contributed by atoms with Crippen LogP contribution >= 0.6 is 0 Å². The Kier molecular flexibility index (Phi) is 2.92. The Hall–Kier alpha value is -2.35. The normalized spacial score (nSPS) is 10.8. The maximum absolute atomic E-state index is 12.6. The standard InChI is InChI=1S/C17H14O2/c1-2-19-14-10-9-13-8-7-12-5-3-4-6-15(12)17(18)16(13)11-14/h3-11H,2H2,1H3. The molecule has 0 aliphatic heterocycles. The fraction of sp³-hybridized carbons (Fsp3) is 0.118. The topological polar surface area (TPSA) is 26.3 Å². The molecule has 0 amide bonds. The molecule has 0 spiro atoms. The van der Waals surface area contributed by atoms with Crippen molar-refractivity contribution in [3.8, 4) is 5.75 Å². The Balaban J connectivity index is 2.44. The summed E-state index contributed by atoms with van der Waals surface area (Å²) in [6.07, 6.45) is 0. The highest BCUT2D eigenvalue weighted by atomic mass is 16.5. The van der Waals surface area contributed by atoms with Crippen LogP contribution in [0.5, 0.6) is 5.75 Å². The number of ether oxygens (including phenoxy) is 1. The quantitative estimate of drug-likeness (QED) is 0.692. The second-order valence-electron chi connectivity index (χ2n) is 4.43. The highest BCUT2D eigenvalue weighted by molar-refractivity contribution is 5.93. The predicted octanol–water partition coefficient (Wildman–Crippen LogP) is 3.75. The van der Waals surface area contributed by atoms with Crippen molar-refractivity contribution in [3.05, 3.63) is 64.8 Å². The number of fused-ring (bicyclic) bond motifs is 2. The van der Waals surface area contributed by atoms with Gasteiger partial charge in [-0.3, -0.25) is 4.79 Å². The highest BCUT2D eigenvalue weighted by Crippen LogP contribution is 2.20. The summed E-state index contributed by atoms with van der Waals surface area (Å²) in [4.78, 5) is 12.6. The van der Waals surface area contributed by atoms with Gasteiger partial charge in [0.05, 0.1) is 6.61 Å². The lowest BCUT2D eigenvalue weighted by atomic mass is 10.1. The smallest absolute Gasteiger partial charge is 0.194 e. The molecule has 0 bridgehead atoms. The molecular formula is C17H14O2.